The van der Waals surface area contributed by atoms with E-state index in [9.17, 15) is 4.79 Å². The summed E-state index contributed by atoms with van der Waals surface area (Å²) in [6.07, 6.45) is 1.07. The predicted molar refractivity (Wildman–Crippen MR) is 107 cm³/mol. The largest absolute Gasteiger partial charge is 0.494 e. The van der Waals surface area contributed by atoms with E-state index >= 15 is 0 Å². The number of ether oxygens (including phenoxy) is 1. The first-order valence-electron chi connectivity index (χ1n) is 8.64. The monoisotopic (exact) mass is 366 g/mol. The van der Waals surface area contributed by atoms with Crippen molar-refractivity contribution in [2.75, 3.05) is 11.9 Å². The van der Waals surface area contributed by atoms with Gasteiger partial charge in [-0.1, -0.05) is 48.0 Å². The third-order valence-corrected chi connectivity index (χ3v) is 4.81. The van der Waals surface area contributed by atoms with Gasteiger partial charge in [-0.2, -0.15) is 0 Å². The second kappa shape index (κ2) is 8.63. The SMILES string of the molecule is Cc1ccc(-c2nc(NC(=O)CCCOc3ccccc3)sc2C)cc1. The van der Waals surface area contributed by atoms with Crippen molar-refractivity contribution in [2.24, 2.45) is 0 Å². The van der Waals surface area contributed by atoms with Crippen molar-refractivity contribution in [3.8, 4) is 17.0 Å². The van der Waals surface area contributed by atoms with Crippen LogP contribution in [0.2, 0.25) is 0 Å². The number of nitrogens with one attached hydrogen (secondary N) is 1. The molecule has 0 unspecified atom stereocenters. The summed E-state index contributed by atoms with van der Waals surface area (Å²) in [6, 6.07) is 17.9. The molecule has 1 N–H and O–H groups in total. The standard InChI is InChI=1S/C21H22N2O2S/c1-15-10-12-17(13-11-15)20-16(2)26-21(23-20)22-19(24)9-6-14-25-18-7-4-3-5-8-18/h3-5,7-8,10-13H,6,9,14H2,1-2H3,(H,22,23,24). The quantitative estimate of drug-likeness (QED) is 0.583. The molecule has 0 spiro atoms. The lowest BCUT2D eigenvalue weighted by Gasteiger charge is -2.05. The lowest BCUT2D eigenvalue weighted by atomic mass is 10.1. The van der Waals surface area contributed by atoms with Crippen LogP contribution in [0.15, 0.2) is 54.6 Å². The number of benzene rings is 2. The van der Waals surface area contributed by atoms with Gasteiger partial charge in [0.25, 0.3) is 0 Å². The van der Waals surface area contributed by atoms with Crippen molar-refractivity contribution in [1.82, 2.24) is 4.98 Å². The summed E-state index contributed by atoms with van der Waals surface area (Å²) in [4.78, 5) is 17.8. The van der Waals surface area contributed by atoms with Crippen LogP contribution < -0.4 is 10.1 Å². The zero-order valence-electron chi connectivity index (χ0n) is 15.0. The molecule has 1 amide bonds. The number of thiazole rings is 1. The third-order valence-electron chi connectivity index (χ3n) is 3.93. The highest BCUT2D eigenvalue weighted by Gasteiger charge is 2.12. The molecule has 0 fully saturated rings. The second-order valence-electron chi connectivity index (χ2n) is 6.10. The number of aryl methyl sites for hydroxylation is 2. The van der Waals surface area contributed by atoms with E-state index in [1.807, 2.05) is 37.3 Å². The molecule has 3 aromatic rings. The minimum absolute atomic E-state index is 0.0362. The highest BCUT2D eigenvalue weighted by atomic mass is 32.1. The van der Waals surface area contributed by atoms with Crippen LogP contribution in [0.4, 0.5) is 5.13 Å². The van der Waals surface area contributed by atoms with Crippen LogP contribution in [0.1, 0.15) is 23.3 Å². The number of para-hydroxylation sites is 1. The van der Waals surface area contributed by atoms with Gasteiger partial charge in [0.15, 0.2) is 5.13 Å². The zero-order chi connectivity index (χ0) is 18.4. The number of nitrogens with zero attached hydrogens (tertiary/aromatic N) is 1. The van der Waals surface area contributed by atoms with Crippen LogP contribution in [0.5, 0.6) is 5.75 Å². The maximum atomic E-state index is 12.1. The van der Waals surface area contributed by atoms with Gasteiger partial charge in [0.05, 0.1) is 12.3 Å². The Kier molecular flexibility index (Phi) is 6.02. The van der Waals surface area contributed by atoms with Crippen molar-refractivity contribution < 1.29 is 9.53 Å². The molecule has 134 valence electrons. The van der Waals surface area contributed by atoms with Crippen LogP contribution >= 0.6 is 11.3 Å². The molecular formula is C21H22N2O2S. The van der Waals surface area contributed by atoms with E-state index < -0.39 is 0 Å². The summed E-state index contributed by atoms with van der Waals surface area (Å²) < 4.78 is 5.60. The highest BCUT2D eigenvalue weighted by Crippen LogP contribution is 2.30. The van der Waals surface area contributed by atoms with E-state index in [0.29, 0.717) is 24.6 Å². The lowest BCUT2D eigenvalue weighted by Crippen LogP contribution is -2.12. The van der Waals surface area contributed by atoms with E-state index in [-0.39, 0.29) is 5.91 Å². The van der Waals surface area contributed by atoms with E-state index in [0.717, 1.165) is 21.9 Å². The van der Waals surface area contributed by atoms with E-state index in [4.69, 9.17) is 4.74 Å². The molecule has 0 aliphatic heterocycles. The fourth-order valence-electron chi connectivity index (χ4n) is 2.55. The first-order chi connectivity index (χ1) is 12.6. The zero-order valence-corrected chi connectivity index (χ0v) is 15.8. The van der Waals surface area contributed by atoms with E-state index in [2.05, 4.69) is 41.5 Å². The Morgan fingerprint density at radius 2 is 1.81 bits per heavy atom. The molecule has 1 heterocycles. The molecule has 4 nitrogen and oxygen atoms in total. The van der Waals surface area contributed by atoms with Crippen LogP contribution in [0.3, 0.4) is 0 Å². The molecule has 0 bridgehead atoms. The van der Waals surface area contributed by atoms with Gasteiger partial charge >= 0.3 is 0 Å². The summed E-state index contributed by atoms with van der Waals surface area (Å²) in [5.74, 6) is 0.789. The molecule has 0 aliphatic carbocycles. The van der Waals surface area contributed by atoms with Crippen molar-refractivity contribution in [3.05, 3.63) is 65.0 Å². The number of carbonyl (C=O) groups excluding carboxylic acids is 1. The maximum absolute atomic E-state index is 12.1. The maximum Gasteiger partial charge on any atom is 0.226 e. The smallest absolute Gasteiger partial charge is 0.226 e. The minimum atomic E-state index is -0.0362. The third kappa shape index (κ3) is 4.92. The molecule has 0 aliphatic rings. The fourth-order valence-corrected chi connectivity index (χ4v) is 3.40. The number of hydrogen-bond donors (Lipinski definition) is 1. The summed E-state index contributed by atoms with van der Waals surface area (Å²) in [5, 5.41) is 3.54. The van der Waals surface area contributed by atoms with Crippen LogP contribution in [-0.4, -0.2) is 17.5 Å². The van der Waals surface area contributed by atoms with Gasteiger partial charge < -0.3 is 10.1 Å². The number of carbonyl (C=O) groups is 1. The van der Waals surface area contributed by atoms with Gasteiger partial charge in [0, 0.05) is 16.9 Å². The van der Waals surface area contributed by atoms with Gasteiger partial charge in [-0.05, 0) is 32.4 Å². The van der Waals surface area contributed by atoms with Gasteiger partial charge in [0.2, 0.25) is 5.91 Å². The number of aromatic nitrogens is 1. The van der Waals surface area contributed by atoms with Gasteiger partial charge in [-0.25, -0.2) is 4.98 Å². The normalized spacial score (nSPS) is 10.5. The first kappa shape index (κ1) is 18.1. The van der Waals surface area contributed by atoms with Crippen molar-refractivity contribution in [3.63, 3.8) is 0 Å². The Hall–Kier alpha value is -2.66. The Morgan fingerprint density at radius 1 is 1.08 bits per heavy atom. The average Bonchev–Trinajstić information content (AvgIpc) is 3.00. The Morgan fingerprint density at radius 3 is 2.54 bits per heavy atom. The van der Waals surface area contributed by atoms with Gasteiger partial charge in [-0.15, -0.1) is 11.3 Å². The van der Waals surface area contributed by atoms with Crippen molar-refractivity contribution in [1.29, 1.82) is 0 Å². The summed E-state index contributed by atoms with van der Waals surface area (Å²) in [6.45, 7) is 4.60. The minimum Gasteiger partial charge on any atom is -0.494 e. The van der Waals surface area contributed by atoms with Crippen LogP contribution in [0, 0.1) is 13.8 Å². The Labute approximate surface area is 157 Å². The molecule has 0 saturated carbocycles. The summed E-state index contributed by atoms with van der Waals surface area (Å²) >= 11 is 1.50. The molecule has 1 aromatic heterocycles. The molecule has 0 radical (unpaired) electrons. The fraction of sp³-hybridized carbons (Fsp3) is 0.238. The second-order valence-corrected chi connectivity index (χ2v) is 7.31. The highest BCUT2D eigenvalue weighted by molar-refractivity contribution is 7.16. The van der Waals surface area contributed by atoms with E-state index in [1.165, 1.54) is 16.9 Å². The molecule has 2 aromatic carbocycles. The van der Waals surface area contributed by atoms with Gasteiger partial charge in [0.1, 0.15) is 5.75 Å². The number of rotatable bonds is 7. The topological polar surface area (TPSA) is 51.2 Å². The van der Waals surface area contributed by atoms with E-state index in [1.54, 1.807) is 0 Å². The molecule has 3 rings (SSSR count). The predicted octanol–water partition coefficient (Wildman–Crippen LogP) is 5.22. The molecule has 0 saturated heterocycles. The van der Waals surface area contributed by atoms with Crippen LogP contribution in [-0.2, 0) is 4.79 Å². The number of anilines is 1. The molecule has 5 heteroatoms. The Bertz CT molecular complexity index is 857. The average molecular weight is 366 g/mol. The first-order valence-corrected chi connectivity index (χ1v) is 9.45. The van der Waals surface area contributed by atoms with Gasteiger partial charge in [-0.3, -0.25) is 4.79 Å². The van der Waals surface area contributed by atoms with Crippen molar-refractivity contribution in [2.45, 2.75) is 26.7 Å². The van der Waals surface area contributed by atoms with Crippen molar-refractivity contribution >= 4 is 22.4 Å². The number of hydrogen-bond acceptors (Lipinski definition) is 4. The Balaban J connectivity index is 1.50. The van der Waals surface area contributed by atoms with Crippen LogP contribution in [0.25, 0.3) is 11.3 Å². The molecular weight excluding hydrogens is 344 g/mol. The molecule has 0 atom stereocenters. The summed E-state index contributed by atoms with van der Waals surface area (Å²) in [5.41, 5.74) is 3.21. The molecule has 26 heavy (non-hydrogen) atoms. The number of amides is 1. The lowest BCUT2D eigenvalue weighted by molar-refractivity contribution is -0.116. The summed E-state index contributed by atoms with van der Waals surface area (Å²) in [7, 11) is 0.